The zero-order valence-electron chi connectivity index (χ0n) is 11.9. The molecule has 0 saturated heterocycles. The number of aromatic nitrogens is 2. The lowest BCUT2D eigenvalue weighted by molar-refractivity contribution is 0.0892. The maximum absolute atomic E-state index is 12.2. The molecule has 5 heteroatoms. The van der Waals surface area contributed by atoms with Crippen molar-refractivity contribution in [2.45, 2.75) is 59.2 Å². The van der Waals surface area contributed by atoms with Gasteiger partial charge in [-0.05, 0) is 40.2 Å². The Morgan fingerprint density at radius 3 is 2.61 bits per heavy atom. The minimum Gasteiger partial charge on any atom is -0.344 e. The Kier molecular flexibility index (Phi) is 4.51. The zero-order valence-corrected chi connectivity index (χ0v) is 11.9. The van der Waals surface area contributed by atoms with E-state index in [9.17, 15) is 4.79 Å². The Bertz CT molecular complexity index is 421. The second kappa shape index (κ2) is 5.52. The predicted octanol–water partition coefficient (Wildman–Crippen LogP) is 1.32. The molecule has 0 spiro atoms. The first-order chi connectivity index (χ1) is 8.31. The number of nitrogens with zero attached hydrogens (tertiary/aromatic N) is 2. The van der Waals surface area contributed by atoms with Crippen molar-refractivity contribution in [2.75, 3.05) is 0 Å². The average Bonchev–Trinajstić information content (AvgIpc) is 2.71. The third-order valence-electron chi connectivity index (χ3n) is 3.30. The summed E-state index contributed by atoms with van der Waals surface area (Å²) in [6, 6.07) is 1.72. The smallest absolute Gasteiger partial charge is 0.270 e. The number of carbonyl (C=O) groups excluding carboxylic acids is 1. The van der Waals surface area contributed by atoms with Crippen LogP contribution in [0.25, 0.3) is 0 Å². The largest absolute Gasteiger partial charge is 0.344 e. The molecule has 0 bridgehead atoms. The number of amides is 1. The van der Waals surface area contributed by atoms with Crippen molar-refractivity contribution in [3.8, 4) is 0 Å². The molecule has 0 saturated carbocycles. The van der Waals surface area contributed by atoms with Gasteiger partial charge in [-0.25, -0.2) is 0 Å². The van der Waals surface area contributed by atoms with Crippen LogP contribution in [0.15, 0.2) is 6.07 Å². The van der Waals surface area contributed by atoms with E-state index in [2.05, 4.69) is 10.4 Å². The van der Waals surface area contributed by atoms with Crippen LogP contribution >= 0.6 is 0 Å². The highest BCUT2D eigenvalue weighted by Crippen LogP contribution is 2.11. The van der Waals surface area contributed by atoms with Crippen LogP contribution in [0.5, 0.6) is 0 Å². The summed E-state index contributed by atoms with van der Waals surface area (Å²) < 4.78 is 1.73. The van der Waals surface area contributed by atoms with E-state index in [0.29, 0.717) is 12.2 Å². The molecule has 5 nitrogen and oxygen atoms in total. The number of hydrogen-bond acceptors (Lipinski definition) is 3. The molecule has 1 unspecified atom stereocenters. The van der Waals surface area contributed by atoms with Gasteiger partial charge in [-0.2, -0.15) is 5.10 Å². The number of rotatable bonds is 5. The molecule has 0 aliphatic carbocycles. The molecule has 1 amide bonds. The molecule has 0 aromatic carbocycles. The lowest BCUT2D eigenvalue weighted by Gasteiger charge is -2.30. The summed E-state index contributed by atoms with van der Waals surface area (Å²) in [6.07, 6.45) is 0.823. The Balaban J connectivity index is 2.93. The molecule has 1 rings (SSSR count). The summed E-state index contributed by atoms with van der Waals surface area (Å²) in [4.78, 5) is 12.2. The van der Waals surface area contributed by atoms with Crippen LogP contribution in [-0.2, 0) is 13.0 Å². The van der Waals surface area contributed by atoms with Crippen molar-refractivity contribution in [3.05, 3.63) is 17.5 Å². The first kappa shape index (κ1) is 14.7. The normalized spacial score (nSPS) is 13.4. The Morgan fingerprint density at radius 2 is 2.17 bits per heavy atom. The van der Waals surface area contributed by atoms with E-state index in [1.807, 2.05) is 40.7 Å². The van der Waals surface area contributed by atoms with Gasteiger partial charge in [0.15, 0.2) is 0 Å². The van der Waals surface area contributed by atoms with Crippen LogP contribution in [-0.4, -0.2) is 27.3 Å². The van der Waals surface area contributed by atoms with Gasteiger partial charge in [0, 0.05) is 18.1 Å². The van der Waals surface area contributed by atoms with Crippen molar-refractivity contribution in [1.29, 1.82) is 0 Å². The lowest BCUT2D eigenvalue weighted by Crippen LogP contribution is -2.54. The molecular formula is C13H24N4O. The number of nitrogens with two attached hydrogens (primary N) is 1. The van der Waals surface area contributed by atoms with Gasteiger partial charge in [0.25, 0.3) is 5.91 Å². The fraction of sp³-hybridized carbons (Fsp3) is 0.692. The molecule has 0 aliphatic rings. The van der Waals surface area contributed by atoms with Gasteiger partial charge >= 0.3 is 0 Å². The van der Waals surface area contributed by atoms with Crippen molar-refractivity contribution < 1.29 is 4.79 Å². The molecule has 1 atom stereocenters. The lowest BCUT2D eigenvalue weighted by atomic mass is 9.97. The zero-order chi connectivity index (χ0) is 13.9. The summed E-state index contributed by atoms with van der Waals surface area (Å²) in [5.74, 6) is -0.119. The SMILES string of the molecule is CCc1cc(C(=O)NC(C)(C)C(C)N)n(CC)n1. The van der Waals surface area contributed by atoms with Crippen molar-refractivity contribution in [1.82, 2.24) is 15.1 Å². The van der Waals surface area contributed by atoms with Gasteiger partial charge in [-0.3, -0.25) is 9.48 Å². The minimum absolute atomic E-state index is 0.119. The van der Waals surface area contributed by atoms with E-state index in [1.54, 1.807) is 4.68 Å². The van der Waals surface area contributed by atoms with Gasteiger partial charge in [-0.15, -0.1) is 0 Å². The van der Waals surface area contributed by atoms with Gasteiger partial charge in [-0.1, -0.05) is 6.92 Å². The number of aryl methyl sites for hydroxylation is 2. The Hall–Kier alpha value is -1.36. The van der Waals surface area contributed by atoms with Gasteiger partial charge in [0.1, 0.15) is 5.69 Å². The predicted molar refractivity (Wildman–Crippen MR) is 72.5 cm³/mol. The third-order valence-corrected chi connectivity index (χ3v) is 3.30. The topological polar surface area (TPSA) is 72.9 Å². The van der Waals surface area contributed by atoms with E-state index >= 15 is 0 Å². The molecule has 3 N–H and O–H groups in total. The van der Waals surface area contributed by atoms with E-state index in [4.69, 9.17) is 5.73 Å². The first-order valence-electron chi connectivity index (χ1n) is 6.46. The van der Waals surface area contributed by atoms with Gasteiger partial charge < -0.3 is 11.1 Å². The van der Waals surface area contributed by atoms with Crippen molar-refractivity contribution in [3.63, 3.8) is 0 Å². The van der Waals surface area contributed by atoms with E-state index in [-0.39, 0.29) is 11.9 Å². The molecule has 1 heterocycles. The quantitative estimate of drug-likeness (QED) is 0.830. The summed E-state index contributed by atoms with van der Waals surface area (Å²) in [5.41, 5.74) is 6.95. The van der Waals surface area contributed by atoms with Crippen LogP contribution in [0.3, 0.4) is 0 Å². The fourth-order valence-corrected chi connectivity index (χ4v) is 1.54. The van der Waals surface area contributed by atoms with Gasteiger partial charge in [0.05, 0.1) is 5.69 Å². The van der Waals surface area contributed by atoms with E-state index in [1.165, 1.54) is 0 Å². The van der Waals surface area contributed by atoms with E-state index in [0.717, 1.165) is 12.1 Å². The first-order valence-corrected chi connectivity index (χ1v) is 6.46. The molecular weight excluding hydrogens is 228 g/mol. The van der Waals surface area contributed by atoms with Crippen molar-refractivity contribution >= 4 is 5.91 Å². The van der Waals surface area contributed by atoms with E-state index < -0.39 is 5.54 Å². The molecule has 0 fully saturated rings. The number of nitrogens with one attached hydrogen (secondary N) is 1. The highest BCUT2D eigenvalue weighted by Gasteiger charge is 2.26. The fourth-order valence-electron chi connectivity index (χ4n) is 1.54. The maximum Gasteiger partial charge on any atom is 0.270 e. The van der Waals surface area contributed by atoms with Crippen molar-refractivity contribution in [2.24, 2.45) is 5.73 Å². The second-order valence-electron chi connectivity index (χ2n) is 5.15. The van der Waals surface area contributed by atoms with Gasteiger partial charge in [0.2, 0.25) is 0 Å². The Labute approximate surface area is 109 Å². The van der Waals surface area contributed by atoms with Crippen LogP contribution in [0, 0.1) is 0 Å². The second-order valence-corrected chi connectivity index (χ2v) is 5.15. The highest BCUT2D eigenvalue weighted by molar-refractivity contribution is 5.93. The average molecular weight is 252 g/mol. The molecule has 0 radical (unpaired) electrons. The highest BCUT2D eigenvalue weighted by atomic mass is 16.2. The third kappa shape index (κ3) is 3.10. The monoisotopic (exact) mass is 252 g/mol. The summed E-state index contributed by atoms with van der Waals surface area (Å²) in [5, 5.41) is 7.33. The number of hydrogen-bond donors (Lipinski definition) is 2. The Morgan fingerprint density at radius 1 is 1.56 bits per heavy atom. The number of carbonyl (C=O) groups is 1. The minimum atomic E-state index is -0.438. The molecule has 1 aromatic rings. The standard InChI is InChI=1S/C13H24N4O/c1-6-10-8-11(17(7-2)16-10)12(18)15-13(4,5)9(3)14/h8-9H,6-7,14H2,1-5H3,(H,15,18). The van der Waals surface area contributed by atoms with Crippen LogP contribution in [0.2, 0.25) is 0 Å². The van der Waals surface area contributed by atoms with Crippen LogP contribution in [0.4, 0.5) is 0 Å². The molecule has 0 aliphatic heterocycles. The molecule has 102 valence electrons. The molecule has 1 aromatic heterocycles. The summed E-state index contributed by atoms with van der Waals surface area (Å²) in [7, 11) is 0. The van der Waals surface area contributed by atoms with Crippen LogP contribution < -0.4 is 11.1 Å². The summed E-state index contributed by atoms with van der Waals surface area (Å²) in [6.45, 7) is 10.4. The summed E-state index contributed by atoms with van der Waals surface area (Å²) >= 11 is 0. The maximum atomic E-state index is 12.2. The van der Waals surface area contributed by atoms with Crippen LogP contribution in [0.1, 0.15) is 50.8 Å². The molecule has 18 heavy (non-hydrogen) atoms.